The van der Waals surface area contributed by atoms with E-state index in [1.165, 1.54) is 0 Å². The van der Waals surface area contributed by atoms with Crippen molar-refractivity contribution in [1.82, 2.24) is 5.32 Å². The van der Waals surface area contributed by atoms with Crippen LogP contribution in [0.1, 0.15) is 41.9 Å². The van der Waals surface area contributed by atoms with Crippen molar-refractivity contribution >= 4 is 23.7 Å². The number of carbonyl (C=O) groups is 3. The molecular formula is C27H26N2O5. The minimum absolute atomic E-state index is 0.0201. The van der Waals surface area contributed by atoms with Crippen LogP contribution in [-0.2, 0) is 14.3 Å². The molecule has 3 aromatic rings. The summed E-state index contributed by atoms with van der Waals surface area (Å²) in [5, 5.41) is 14.4. The number of aliphatic carboxylic acids is 1. The number of alkyl carbamates (subject to hydrolysis) is 1. The largest absolute Gasteiger partial charge is 0.481 e. The molecule has 7 nitrogen and oxygen atoms in total. The Balaban J connectivity index is 1.23. The number of amides is 2. The van der Waals surface area contributed by atoms with E-state index in [9.17, 15) is 14.4 Å². The Labute approximate surface area is 197 Å². The number of anilines is 1. The summed E-state index contributed by atoms with van der Waals surface area (Å²) in [6.07, 6.45) is -0.487. The predicted octanol–water partition coefficient (Wildman–Crippen LogP) is 4.74. The van der Waals surface area contributed by atoms with Crippen LogP contribution in [0.25, 0.3) is 11.1 Å². The van der Waals surface area contributed by atoms with Crippen molar-refractivity contribution in [2.45, 2.75) is 25.2 Å². The highest BCUT2D eigenvalue weighted by Crippen LogP contribution is 2.44. The lowest BCUT2D eigenvalue weighted by molar-refractivity contribution is -0.138. The van der Waals surface area contributed by atoms with E-state index in [4.69, 9.17) is 9.84 Å². The molecule has 174 valence electrons. The number of hydrogen-bond donors (Lipinski definition) is 3. The Kier molecular flexibility index (Phi) is 6.92. The lowest BCUT2D eigenvalue weighted by Crippen LogP contribution is -2.29. The highest BCUT2D eigenvalue weighted by molar-refractivity contribution is 5.91. The van der Waals surface area contributed by atoms with Crippen LogP contribution >= 0.6 is 0 Å². The van der Waals surface area contributed by atoms with Crippen molar-refractivity contribution in [1.29, 1.82) is 0 Å². The minimum Gasteiger partial charge on any atom is -0.481 e. The lowest BCUT2D eigenvalue weighted by atomic mass is 9.98. The van der Waals surface area contributed by atoms with Gasteiger partial charge < -0.3 is 20.5 Å². The second-order valence-corrected chi connectivity index (χ2v) is 8.23. The van der Waals surface area contributed by atoms with E-state index in [1.807, 2.05) is 24.3 Å². The standard InChI is InChI=1S/C27H26N2O5/c1-17(26(31)32)18-10-12-19(13-11-18)29-25(30)14-15-28-27(33)34-16-24-22-8-4-2-6-20(22)21-7-3-5-9-23(21)24/h2-13,17,24H,14-16H2,1H3,(H,28,33)(H,29,30)(H,31,32). The summed E-state index contributed by atoms with van der Waals surface area (Å²) in [5.41, 5.74) is 5.82. The quantitative estimate of drug-likeness (QED) is 0.452. The Morgan fingerprint density at radius 3 is 2.09 bits per heavy atom. The molecule has 34 heavy (non-hydrogen) atoms. The van der Waals surface area contributed by atoms with E-state index in [0.29, 0.717) is 11.3 Å². The van der Waals surface area contributed by atoms with E-state index in [1.54, 1.807) is 31.2 Å². The van der Waals surface area contributed by atoms with Crippen LogP contribution in [-0.4, -0.2) is 36.2 Å². The smallest absolute Gasteiger partial charge is 0.407 e. The molecule has 0 saturated carbocycles. The number of ether oxygens (including phenoxy) is 1. The minimum atomic E-state index is -0.906. The second-order valence-electron chi connectivity index (χ2n) is 8.23. The molecule has 1 aliphatic carbocycles. The Morgan fingerprint density at radius 1 is 0.912 bits per heavy atom. The maximum atomic E-state index is 12.2. The fourth-order valence-electron chi connectivity index (χ4n) is 4.15. The predicted molar refractivity (Wildman–Crippen MR) is 129 cm³/mol. The highest BCUT2D eigenvalue weighted by Gasteiger charge is 2.28. The number of benzene rings is 3. The van der Waals surface area contributed by atoms with Gasteiger partial charge in [0.15, 0.2) is 0 Å². The number of fused-ring (bicyclic) bond motifs is 3. The monoisotopic (exact) mass is 458 g/mol. The fourth-order valence-corrected chi connectivity index (χ4v) is 4.15. The van der Waals surface area contributed by atoms with Gasteiger partial charge in [0.05, 0.1) is 5.92 Å². The fraction of sp³-hybridized carbons (Fsp3) is 0.222. The molecule has 0 spiro atoms. The molecule has 3 N–H and O–H groups in total. The van der Waals surface area contributed by atoms with Crippen molar-refractivity contribution in [3.05, 3.63) is 89.5 Å². The number of carboxylic acids is 1. The van der Waals surface area contributed by atoms with Gasteiger partial charge in [-0.1, -0.05) is 60.7 Å². The van der Waals surface area contributed by atoms with Crippen LogP contribution in [0.15, 0.2) is 72.8 Å². The lowest BCUT2D eigenvalue weighted by Gasteiger charge is -2.14. The third-order valence-electron chi connectivity index (χ3n) is 6.03. The van der Waals surface area contributed by atoms with Crippen molar-refractivity contribution in [3.63, 3.8) is 0 Å². The molecule has 1 aliphatic rings. The van der Waals surface area contributed by atoms with Crippen LogP contribution in [0, 0.1) is 0 Å². The van der Waals surface area contributed by atoms with Gasteiger partial charge in [-0.2, -0.15) is 0 Å². The van der Waals surface area contributed by atoms with E-state index >= 15 is 0 Å². The van der Waals surface area contributed by atoms with Crippen molar-refractivity contribution in [2.24, 2.45) is 0 Å². The zero-order valence-electron chi connectivity index (χ0n) is 18.8. The zero-order valence-corrected chi connectivity index (χ0v) is 18.8. The van der Waals surface area contributed by atoms with Gasteiger partial charge in [-0.15, -0.1) is 0 Å². The molecule has 0 aromatic heterocycles. The summed E-state index contributed by atoms with van der Waals surface area (Å²) in [6, 6.07) is 22.9. The summed E-state index contributed by atoms with van der Waals surface area (Å²) >= 11 is 0. The summed E-state index contributed by atoms with van der Waals surface area (Å²) < 4.78 is 5.46. The maximum Gasteiger partial charge on any atom is 0.407 e. The Hall–Kier alpha value is -4.13. The van der Waals surface area contributed by atoms with E-state index in [-0.39, 0.29) is 31.4 Å². The maximum absolute atomic E-state index is 12.2. The number of hydrogen-bond acceptors (Lipinski definition) is 4. The summed E-state index contributed by atoms with van der Waals surface area (Å²) in [7, 11) is 0. The molecule has 1 unspecified atom stereocenters. The molecule has 1 atom stereocenters. The van der Waals surface area contributed by atoms with Gasteiger partial charge in [-0.25, -0.2) is 4.79 Å². The molecule has 2 amide bonds. The van der Waals surface area contributed by atoms with Crippen LogP contribution in [0.2, 0.25) is 0 Å². The normalized spacial score (nSPS) is 12.9. The Bertz CT molecular complexity index is 1160. The molecule has 7 heteroatoms. The van der Waals surface area contributed by atoms with Crippen molar-refractivity contribution < 1.29 is 24.2 Å². The zero-order chi connectivity index (χ0) is 24.1. The highest BCUT2D eigenvalue weighted by atomic mass is 16.5. The first-order valence-electron chi connectivity index (χ1n) is 11.2. The van der Waals surface area contributed by atoms with Crippen LogP contribution in [0.4, 0.5) is 10.5 Å². The van der Waals surface area contributed by atoms with E-state index in [0.717, 1.165) is 22.3 Å². The Morgan fingerprint density at radius 2 is 1.50 bits per heavy atom. The first kappa shape index (κ1) is 23.0. The number of nitrogens with one attached hydrogen (secondary N) is 2. The summed E-state index contributed by atoms with van der Waals surface area (Å²) in [6.45, 7) is 1.95. The molecule has 0 fully saturated rings. The first-order valence-corrected chi connectivity index (χ1v) is 11.2. The number of carboxylic acid groups (broad SMARTS) is 1. The number of carbonyl (C=O) groups excluding carboxylic acids is 2. The van der Waals surface area contributed by atoms with Crippen LogP contribution in [0.5, 0.6) is 0 Å². The molecule has 0 heterocycles. The first-order chi connectivity index (χ1) is 16.4. The van der Waals surface area contributed by atoms with E-state index in [2.05, 4.69) is 34.9 Å². The molecule has 0 radical (unpaired) electrons. The SMILES string of the molecule is CC(C(=O)O)c1ccc(NC(=O)CCNC(=O)OCC2c3ccccc3-c3ccccc32)cc1. The second kappa shape index (κ2) is 10.2. The third-order valence-corrected chi connectivity index (χ3v) is 6.03. The molecule has 4 rings (SSSR count). The van der Waals surface area contributed by atoms with Crippen molar-refractivity contribution in [3.8, 4) is 11.1 Å². The summed E-state index contributed by atoms with van der Waals surface area (Å²) in [5.74, 6) is -1.81. The molecule has 3 aromatic carbocycles. The van der Waals surface area contributed by atoms with Crippen LogP contribution < -0.4 is 10.6 Å². The van der Waals surface area contributed by atoms with Gasteiger partial charge in [0.25, 0.3) is 0 Å². The van der Waals surface area contributed by atoms with Gasteiger partial charge in [0.2, 0.25) is 5.91 Å². The molecule has 0 saturated heterocycles. The number of rotatable bonds is 8. The van der Waals surface area contributed by atoms with E-state index < -0.39 is 18.0 Å². The van der Waals surface area contributed by atoms with Crippen molar-refractivity contribution in [2.75, 3.05) is 18.5 Å². The van der Waals surface area contributed by atoms with Gasteiger partial charge in [-0.05, 0) is 46.9 Å². The van der Waals surface area contributed by atoms with Gasteiger partial charge >= 0.3 is 12.1 Å². The summed E-state index contributed by atoms with van der Waals surface area (Å²) in [4.78, 5) is 35.4. The average Bonchev–Trinajstić information content (AvgIpc) is 3.16. The van der Waals surface area contributed by atoms with Crippen LogP contribution in [0.3, 0.4) is 0 Å². The third kappa shape index (κ3) is 5.09. The van der Waals surface area contributed by atoms with Gasteiger partial charge in [0.1, 0.15) is 6.61 Å². The van der Waals surface area contributed by atoms with Gasteiger partial charge in [-0.3, -0.25) is 9.59 Å². The average molecular weight is 459 g/mol. The molecule has 0 bridgehead atoms. The molecule has 0 aliphatic heterocycles. The van der Waals surface area contributed by atoms with Gasteiger partial charge in [0, 0.05) is 24.6 Å². The molecular weight excluding hydrogens is 432 g/mol. The topological polar surface area (TPSA) is 105 Å².